The minimum atomic E-state index is -0.199. The van der Waals surface area contributed by atoms with Gasteiger partial charge in [-0.1, -0.05) is 12.1 Å². The van der Waals surface area contributed by atoms with E-state index in [0.717, 1.165) is 18.7 Å². The maximum Gasteiger partial charge on any atom is 0.191 e. The Kier molecular flexibility index (Phi) is 6.21. The van der Waals surface area contributed by atoms with Gasteiger partial charge in [-0.25, -0.2) is 4.39 Å². The number of nitrogens with zero attached hydrogens (tertiary/aromatic N) is 2. The zero-order valence-electron chi connectivity index (χ0n) is 12.9. The van der Waals surface area contributed by atoms with Crippen molar-refractivity contribution in [2.24, 2.45) is 4.99 Å². The van der Waals surface area contributed by atoms with Crippen molar-refractivity contribution in [2.75, 3.05) is 44.8 Å². The highest BCUT2D eigenvalue weighted by molar-refractivity contribution is 5.79. The van der Waals surface area contributed by atoms with Crippen molar-refractivity contribution in [3.05, 3.63) is 42.2 Å². The van der Waals surface area contributed by atoms with Crippen molar-refractivity contribution in [2.45, 2.75) is 6.54 Å². The van der Waals surface area contributed by atoms with Crippen molar-refractivity contribution in [1.82, 2.24) is 10.6 Å². The predicted octanol–water partition coefficient (Wildman–Crippen LogP) is 1.51. The van der Waals surface area contributed by atoms with Gasteiger partial charge in [0, 0.05) is 33.2 Å². The monoisotopic (exact) mass is 306 g/mol. The van der Waals surface area contributed by atoms with Crippen LogP contribution in [-0.4, -0.2) is 45.9 Å². The Balaban J connectivity index is 1.95. The van der Waals surface area contributed by atoms with Crippen LogP contribution in [0.25, 0.3) is 0 Å². The molecule has 0 spiro atoms. The van der Waals surface area contributed by atoms with Gasteiger partial charge in [-0.05, 0) is 17.7 Å². The number of ether oxygens (including phenoxy) is 1. The Morgan fingerprint density at radius 2 is 2.18 bits per heavy atom. The molecule has 22 heavy (non-hydrogen) atoms. The van der Waals surface area contributed by atoms with Crippen LogP contribution in [0.1, 0.15) is 5.56 Å². The van der Waals surface area contributed by atoms with E-state index in [1.54, 1.807) is 19.2 Å². The van der Waals surface area contributed by atoms with Gasteiger partial charge in [0.2, 0.25) is 0 Å². The van der Waals surface area contributed by atoms with E-state index in [0.29, 0.717) is 38.0 Å². The molecule has 5 nitrogen and oxygen atoms in total. The summed E-state index contributed by atoms with van der Waals surface area (Å²) in [5, 5.41) is 6.21. The first-order valence-electron chi connectivity index (χ1n) is 7.41. The molecule has 6 heteroatoms. The SMILES string of the molecule is C=CCNC(=NC)NCc1ccc(N2CCOCC2)c(F)c1. The first-order valence-corrected chi connectivity index (χ1v) is 7.41. The normalized spacial score (nSPS) is 15.5. The van der Waals surface area contributed by atoms with Gasteiger partial charge in [-0.3, -0.25) is 4.99 Å². The number of morpholine rings is 1. The molecular formula is C16H23FN4O. The molecule has 1 saturated heterocycles. The molecule has 1 fully saturated rings. The minimum Gasteiger partial charge on any atom is -0.378 e. The average Bonchev–Trinajstić information content (AvgIpc) is 2.56. The van der Waals surface area contributed by atoms with Gasteiger partial charge in [0.25, 0.3) is 0 Å². The number of guanidine groups is 1. The average molecular weight is 306 g/mol. The molecule has 1 heterocycles. The van der Waals surface area contributed by atoms with Crippen LogP contribution < -0.4 is 15.5 Å². The molecule has 1 aromatic rings. The summed E-state index contributed by atoms with van der Waals surface area (Å²) < 4.78 is 19.6. The van der Waals surface area contributed by atoms with E-state index >= 15 is 0 Å². The van der Waals surface area contributed by atoms with E-state index in [1.165, 1.54) is 0 Å². The van der Waals surface area contributed by atoms with Crippen LogP contribution in [0, 0.1) is 5.82 Å². The summed E-state index contributed by atoms with van der Waals surface area (Å²) >= 11 is 0. The number of rotatable bonds is 5. The summed E-state index contributed by atoms with van der Waals surface area (Å²) in [6, 6.07) is 5.33. The highest BCUT2D eigenvalue weighted by Crippen LogP contribution is 2.21. The van der Waals surface area contributed by atoms with Gasteiger partial charge in [0.1, 0.15) is 5.82 Å². The molecule has 1 aliphatic rings. The second-order valence-corrected chi connectivity index (χ2v) is 4.98. The molecule has 1 aliphatic heterocycles. The van der Waals surface area contributed by atoms with Crippen molar-refractivity contribution in [1.29, 1.82) is 0 Å². The summed E-state index contributed by atoms with van der Waals surface area (Å²) in [6.07, 6.45) is 1.75. The van der Waals surface area contributed by atoms with E-state index in [2.05, 4.69) is 22.2 Å². The molecule has 0 saturated carbocycles. The Hall–Kier alpha value is -2.08. The number of hydrogen-bond donors (Lipinski definition) is 2. The summed E-state index contributed by atoms with van der Waals surface area (Å²) in [6.45, 7) is 7.53. The first-order chi connectivity index (χ1) is 10.7. The number of nitrogens with one attached hydrogen (secondary N) is 2. The van der Waals surface area contributed by atoms with Gasteiger partial charge >= 0.3 is 0 Å². The lowest BCUT2D eigenvalue weighted by Gasteiger charge is -2.29. The van der Waals surface area contributed by atoms with E-state index in [-0.39, 0.29) is 5.82 Å². The largest absolute Gasteiger partial charge is 0.378 e. The van der Waals surface area contributed by atoms with Crippen LogP contribution in [0.5, 0.6) is 0 Å². The maximum atomic E-state index is 14.3. The molecule has 2 rings (SSSR count). The second kappa shape index (κ2) is 8.38. The summed E-state index contributed by atoms with van der Waals surface area (Å²) in [5.41, 5.74) is 1.51. The number of benzene rings is 1. The number of anilines is 1. The fraction of sp³-hybridized carbons (Fsp3) is 0.438. The highest BCUT2D eigenvalue weighted by Gasteiger charge is 2.15. The molecule has 0 bridgehead atoms. The van der Waals surface area contributed by atoms with Crippen LogP contribution in [0.4, 0.5) is 10.1 Å². The lowest BCUT2D eigenvalue weighted by atomic mass is 10.1. The summed E-state index contributed by atoms with van der Waals surface area (Å²) in [4.78, 5) is 6.10. The van der Waals surface area contributed by atoms with Crippen LogP contribution in [0.3, 0.4) is 0 Å². The zero-order chi connectivity index (χ0) is 15.8. The molecule has 2 N–H and O–H groups in total. The van der Waals surface area contributed by atoms with Crippen molar-refractivity contribution < 1.29 is 9.13 Å². The molecule has 120 valence electrons. The van der Waals surface area contributed by atoms with Crippen LogP contribution >= 0.6 is 0 Å². The van der Waals surface area contributed by atoms with Crippen LogP contribution in [0.2, 0.25) is 0 Å². The number of aliphatic imine (C=N–C) groups is 1. The third-order valence-corrected chi connectivity index (χ3v) is 3.46. The minimum absolute atomic E-state index is 0.199. The lowest BCUT2D eigenvalue weighted by molar-refractivity contribution is 0.122. The van der Waals surface area contributed by atoms with Gasteiger partial charge in [-0.2, -0.15) is 0 Å². The van der Waals surface area contributed by atoms with Crippen molar-refractivity contribution in [3.63, 3.8) is 0 Å². The van der Waals surface area contributed by atoms with Gasteiger partial charge in [-0.15, -0.1) is 6.58 Å². The maximum absolute atomic E-state index is 14.3. The Morgan fingerprint density at radius 1 is 1.41 bits per heavy atom. The molecule has 0 unspecified atom stereocenters. The summed E-state index contributed by atoms with van der Waals surface area (Å²) in [7, 11) is 1.69. The van der Waals surface area contributed by atoms with E-state index in [9.17, 15) is 4.39 Å². The molecule has 0 atom stereocenters. The van der Waals surface area contributed by atoms with Gasteiger partial charge in [0.15, 0.2) is 5.96 Å². The Labute approximate surface area is 130 Å². The molecule has 0 aromatic heterocycles. The van der Waals surface area contributed by atoms with Crippen molar-refractivity contribution >= 4 is 11.6 Å². The van der Waals surface area contributed by atoms with E-state index in [4.69, 9.17) is 4.74 Å². The quantitative estimate of drug-likeness (QED) is 0.492. The van der Waals surface area contributed by atoms with Crippen molar-refractivity contribution in [3.8, 4) is 0 Å². The molecular weight excluding hydrogens is 283 g/mol. The number of hydrogen-bond acceptors (Lipinski definition) is 3. The lowest BCUT2D eigenvalue weighted by Crippen LogP contribution is -2.37. The van der Waals surface area contributed by atoms with Gasteiger partial charge < -0.3 is 20.3 Å². The smallest absolute Gasteiger partial charge is 0.191 e. The first kappa shape index (κ1) is 16.3. The molecule has 0 amide bonds. The van der Waals surface area contributed by atoms with Gasteiger partial charge in [0.05, 0.1) is 18.9 Å². The number of halogens is 1. The van der Waals surface area contributed by atoms with E-state index < -0.39 is 0 Å². The fourth-order valence-corrected chi connectivity index (χ4v) is 2.30. The molecule has 0 aliphatic carbocycles. The molecule has 0 radical (unpaired) electrons. The third-order valence-electron chi connectivity index (χ3n) is 3.46. The van der Waals surface area contributed by atoms with Crippen LogP contribution in [0.15, 0.2) is 35.8 Å². The standard InChI is InChI=1S/C16H23FN4O/c1-3-6-19-16(18-2)20-12-13-4-5-15(14(17)11-13)21-7-9-22-10-8-21/h3-5,11H,1,6-10,12H2,2H3,(H2,18,19,20). The zero-order valence-corrected chi connectivity index (χ0v) is 12.9. The highest BCUT2D eigenvalue weighted by atomic mass is 19.1. The van der Waals surface area contributed by atoms with E-state index in [1.807, 2.05) is 17.0 Å². The molecule has 1 aromatic carbocycles. The third kappa shape index (κ3) is 4.46. The predicted molar refractivity (Wildman–Crippen MR) is 87.8 cm³/mol. The summed E-state index contributed by atoms with van der Waals surface area (Å²) in [5.74, 6) is 0.466. The Bertz CT molecular complexity index is 527. The topological polar surface area (TPSA) is 48.9 Å². The second-order valence-electron chi connectivity index (χ2n) is 4.98. The fourth-order valence-electron chi connectivity index (χ4n) is 2.30. The van der Waals surface area contributed by atoms with Crippen LogP contribution in [-0.2, 0) is 11.3 Å². The Morgan fingerprint density at radius 3 is 2.82 bits per heavy atom.